The van der Waals surface area contributed by atoms with E-state index in [0.717, 1.165) is 6.42 Å². The first kappa shape index (κ1) is 20.5. The van der Waals surface area contributed by atoms with Crippen LogP contribution in [0, 0.1) is 5.92 Å². The Hall–Kier alpha value is -1.80. The van der Waals surface area contributed by atoms with Gasteiger partial charge in [-0.1, -0.05) is 13.3 Å². The lowest BCUT2D eigenvalue weighted by atomic mass is 9.98. The molecule has 1 heterocycles. The highest BCUT2D eigenvalue weighted by atomic mass is 32.2. The monoisotopic (exact) mass is 384 g/mol. The number of methoxy groups -OCH3 is 2. The van der Waals surface area contributed by atoms with Gasteiger partial charge in [-0.15, -0.1) is 0 Å². The van der Waals surface area contributed by atoms with Gasteiger partial charge in [0.05, 0.1) is 31.6 Å². The number of sulfonamides is 1. The third-order valence-corrected chi connectivity index (χ3v) is 6.49. The van der Waals surface area contributed by atoms with E-state index in [2.05, 4.69) is 5.32 Å². The molecule has 1 aromatic rings. The van der Waals surface area contributed by atoms with Crippen molar-refractivity contribution in [1.29, 1.82) is 0 Å². The Kier molecular flexibility index (Phi) is 7.28. The zero-order valence-electron chi connectivity index (χ0n) is 15.7. The van der Waals surface area contributed by atoms with E-state index in [4.69, 9.17) is 9.47 Å². The molecule has 1 N–H and O–H groups in total. The van der Waals surface area contributed by atoms with E-state index in [-0.39, 0.29) is 24.1 Å². The number of rotatable bonds is 8. The van der Waals surface area contributed by atoms with Crippen molar-refractivity contribution in [3.8, 4) is 11.5 Å². The number of unbranched alkanes of at least 4 members (excludes halogenated alkanes) is 1. The minimum Gasteiger partial charge on any atom is -0.497 e. The molecule has 1 atom stereocenters. The van der Waals surface area contributed by atoms with E-state index in [1.807, 2.05) is 6.92 Å². The molecule has 1 fully saturated rings. The molecule has 0 aromatic heterocycles. The van der Waals surface area contributed by atoms with E-state index in [9.17, 15) is 13.2 Å². The predicted molar refractivity (Wildman–Crippen MR) is 101 cm³/mol. The first-order chi connectivity index (χ1) is 12.4. The van der Waals surface area contributed by atoms with Crippen LogP contribution in [0.2, 0.25) is 0 Å². The summed E-state index contributed by atoms with van der Waals surface area (Å²) in [5.41, 5.74) is 0.546. The number of hydrogen-bond acceptors (Lipinski definition) is 5. The number of carbonyl (C=O) groups excluding carboxylic acids is 1. The molecule has 2 rings (SSSR count). The fourth-order valence-corrected chi connectivity index (χ4v) is 4.73. The van der Waals surface area contributed by atoms with Gasteiger partial charge in [0.15, 0.2) is 0 Å². The topological polar surface area (TPSA) is 84.9 Å². The second-order valence-electron chi connectivity index (χ2n) is 6.42. The SMILES string of the molecule is CCCCS(=O)(=O)N1CCC[C@H](C(=O)Nc2ccc(OC)cc2OC)C1. The molecular weight excluding hydrogens is 356 g/mol. The summed E-state index contributed by atoms with van der Waals surface area (Å²) in [7, 11) is -0.215. The van der Waals surface area contributed by atoms with Gasteiger partial charge in [-0.05, 0) is 31.4 Å². The molecule has 0 spiro atoms. The predicted octanol–water partition coefficient (Wildman–Crippen LogP) is 2.48. The number of piperidine rings is 1. The van der Waals surface area contributed by atoms with Crippen LogP contribution < -0.4 is 14.8 Å². The van der Waals surface area contributed by atoms with Gasteiger partial charge in [-0.3, -0.25) is 4.79 Å². The number of amides is 1. The van der Waals surface area contributed by atoms with Gasteiger partial charge >= 0.3 is 0 Å². The third-order valence-electron chi connectivity index (χ3n) is 4.57. The minimum atomic E-state index is -3.29. The molecule has 0 unspecified atom stereocenters. The highest BCUT2D eigenvalue weighted by Crippen LogP contribution is 2.30. The lowest BCUT2D eigenvalue weighted by Crippen LogP contribution is -2.44. The van der Waals surface area contributed by atoms with Crippen molar-refractivity contribution in [2.75, 3.05) is 38.4 Å². The lowest BCUT2D eigenvalue weighted by Gasteiger charge is -2.31. The van der Waals surface area contributed by atoms with Gasteiger partial charge in [-0.25, -0.2) is 12.7 Å². The lowest BCUT2D eigenvalue weighted by molar-refractivity contribution is -0.120. The Morgan fingerprint density at radius 1 is 1.31 bits per heavy atom. The number of nitrogens with one attached hydrogen (secondary N) is 1. The number of benzene rings is 1. The fraction of sp³-hybridized carbons (Fsp3) is 0.611. The van der Waals surface area contributed by atoms with E-state index in [1.165, 1.54) is 11.4 Å². The highest BCUT2D eigenvalue weighted by Gasteiger charge is 2.32. The van der Waals surface area contributed by atoms with Crippen molar-refractivity contribution < 1.29 is 22.7 Å². The van der Waals surface area contributed by atoms with Gasteiger partial charge in [0.25, 0.3) is 0 Å². The fourth-order valence-electron chi connectivity index (χ4n) is 3.00. The summed E-state index contributed by atoms with van der Waals surface area (Å²) in [6.07, 6.45) is 2.82. The molecule has 0 aliphatic carbocycles. The van der Waals surface area contributed by atoms with Crippen LogP contribution in [0.4, 0.5) is 5.69 Å². The van der Waals surface area contributed by atoms with Crippen molar-refractivity contribution in [2.45, 2.75) is 32.6 Å². The maximum atomic E-state index is 12.7. The molecular formula is C18H28N2O5S. The standard InChI is InChI=1S/C18H28N2O5S/c1-4-5-11-26(22,23)20-10-6-7-14(13-20)18(21)19-16-9-8-15(24-2)12-17(16)25-3/h8-9,12,14H,4-7,10-11,13H2,1-3H3,(H,19,21)/t14-/m0/s1. The van der Waals surface area contributed by atoms with Gasteiger partial charge in [0.2, 0.25) is 15.9 Å². The summed E-state index contributed by atoms with van der Waals surface area (Å²) < 4.78 is 36.7. The molecule has 1 aliphatic heterocycles. The summed E-state index contributed by atoms with van der Waals surface area (Å²) in [4.78, 5) is 12.7. The Bertz CT molecular complexity index is 720. The normalized spacial score (nSPS) is 18.3. The quantitative estimate of drug-likeness (QED) is 0.744. The summed E-state index contributed by atoms with van der Waals surface area (Å²) >= 11 is 0. The Morgan fingerprint density at radius 2 is 2.08 bits per heavy atom. The van der Waals surface area contributed by atoms with Crippen molar-refractivity contribution in [3.05, 3.63) is 18.2 Å². The van der Waals surface area contributed by atoms with Crippen molar-refractivity contribution >= 4 is 21.6 Å². The summed E-state index contributed by atoms with van der Waals surface area (Å²) in [6.45, 7) is 2.68. The second-order valence-corrected chi connectivity index (χ2v) is 8.51. The van der Waals surface area contributed by atoms with Crippen LogP contribution >= 0.6 is 0 Å². The van der Waals surface area contributed by atoms with Crippen molar-refractivity contribution in [3.63, 3.8) is 0 Å². The van der Waals surface area contributed by atoms with Crippen LogP contribution in [-0.4, -0.2) is 51.7 Å². The first-order valence-corrected chi connectivity index (χ1v) is 10.5. The maximum Gasteiger partial charge on any atom is 0.228 e. The van der Waals surface area contributed by atoms with Crippen molar-refractivity contribution in [2.24, 2.45) is 5.92 Å². The number of anilines is 1. The molecule has 0 saturated carbocycles. The van der Waals surface area contributed by atoms with E-state index in [0.29, 0.717) is 43.0 Å². The highest BCUT2D eigenvalue weighted by molar-refractivity contribution is 7.89. The van der Waals surface area contributed by atoms with Crippen LogP contribution in [0.1, 0.15) is 32.6 Å². The van der Waals surface area contributed by atoms with Gasteiger partial charge in [0.1, 0.15) is 11.5 Å². The van der Waals surface area contributed by atoms with Crippen LogP contribution in [0.3, 0.4) is 0 Å². The van der Waals surface area contributed by atoms with Crippen molar-refractivity contribution in [1.82, 2.24) is 4.31 Å². The molecule has 1 aromatic carbocycles. The van der Waals surface area contributed by atoms with Crippen LogP contribution in [0.15, 0.2) is 18.2 Å². The molecule has 146 valence electrons. The molecule has 7 nitrogen and oxygen atoms in total. The Morgan fingerprint density at radius 3 is 2.73 bits per heavy atom. The Balaban J connectivity index is 2.05. The number of hydrogen-bond donors (Lipinski definition) is 1. The number of carbonyl (C=O) groups is 1. The van der Waals surface area contributed by atoms with Gasteiger partial charge in [0, 0.05) is 19.2 Å². The molecule has 0 radical (unpaired) electrons. The van der Waals surface area contributed by atoms with Crippen LogP contribution in [-0.2, 0) is 14.8 Å². The number of nitrogens with zero attached hydrogens (tertiary/aromatic N) is 1. The molecule has 8 heteroatoms. The second kappa shape index (κ2) is 9.23. The molecule has 26 heavy (non-hydrogen) atoms. The maximum absolute atomic E-state index is 12.7. The first-order valence-electron chi connectivity index (χ1n) is 8.92. The average Bonchev–Trinajstić information content (AvgIpc) is 2.66. The molecule has 1 saturated heterocycles. The zero-order chi connectivity index (χ0) is 19.2. The Labute approximate surface area is 155 Å². The van der Waals surface area contributed by atoms with E-state index in [1.54, 1.807) is 25.3 Å². The average molecular weight is 384 g/mol. The minimum absolute atomic E-state index is 0.143. The summed E-state index contributed by atoms with van der Waals surface area (Å²) in [5, 5.41) is 2.86. The molecule has 1 amide bonds. The van der Waals surface area contributed by atoms with Crippen LogP contribution in [0.5, 0.6) is 11.5 Å². The largest absolute Gasteiger partial charge is 0.497 e. The molecule has 0 bridgehead atoms. The third kappa shape index (κ3) is 5.11. The van der Waals surface area contributed by atoms with E-state index >= 15 is 0 Å². The smallest absolute Gasteiger partial charge is 0.228 e. The summed E-state index contributed by atoms with van der Waals surface area (Å²) in [5.74, 6) is 0.715. The van der Waals surface area contributed by atoms with Crippen LogP contribution in [0.25, 0.3) is 0 Å². The zero-order valence-corrected chi connectivity index (χ0v) is 16.5. The summed E-state index contributed by atoms with van der Waals surface area (Å²) in [6, 6.07) is 5.15. The van der Waals surface area contributed by atoms with Gasteiger partial charge in [-0.2, -0.15) is 0 Å². The van der Waals surface area contributed by atoms with Gasteiger partial charge < -0.3 is 14.8 Å². The van der Waals surface area contributed by atoms with E-state index < -0.39 is 10.0 Å². The molecule has 1 aliphatic rings. The number of ether oxygens (including phenoxy) is 2.